The molecule has 0 fully saturated rings. The Labute approximate surface area is 441 Å². The maximum Gasteiger partial charge on any atom is 0.333 e. The van der Waals surface area contributed by atoms with Gasteiger partial charge in [-0.2, -0.15) is 0 Å². The molecule has 10 aromatic rings. The van der Waals surface area contributed by atoms with Crippen LogP contribution in [-0.4, -0.2) is 15.9 Å². The number of aromatic nitrogens is 2. The summed E-state index contributed by atoms with van der Waals surface area (Å²) < 4.78 is 5.41. The number of rotatable bonds is 4. The predicted octanol–water partition coefficient (Wildman–Crippen LogP) is 18.0. The number of fused-ring (bicyclic) bond motifs is 8. The highest BCUT2D eigenvalue weighted by Crippen LogP contribution is 2.54. The number of benzene rings is 8. The van der Waals surface area contributed by atoms with Crippen LogP contribution in [0.1, 0.15) is 132 Å². The number of hydrogen-bond donors (Lipinski definition) is 0. The molecular weight excluding hydrogens is 894 g/mol. The van der Waals surface area contributed by atoms with E-state index in [-0.39, 0.29) is 33.9 Å². The smallest absolute Gasteiger partial charge is 0.333 e. The quantitative estimate of drug-likeness (QED) is 0.160. The van der Waals surface area contributed by atoms with E-state index in [1.165, 1.54) is 128 Å². The molecule has 0 saturated carbocycles. The van der Waals surface area contributed by atoms with Crippen molar-refractivity contribution in [2.45, 2.75) is 131 Å². The number of hydrogen-bond acceptors (Lipinski definition) is 1. The molecule has 3 nitrogen and oxygen atoms in total. The van der Waals surface area contributed by atoms with Crippen LogP contribution in [0.15, 0.2) is 164 Å². The average molecular weight is 966 g/mol. The Morgan fingerprint density at radius 2 is 0.892 bits per heavy atom. The summed E-state index contributed by atoms with van der Waals surface area (Å²) in [6.07, 6.45) is 0. The van der Waals surface area contributed by atoms with Crippen LogP contribution in [0.5, 0.6) is 0 Å². The van der Waals surface area contributed by atoms with Gasteiger partial charge in [0.05, 0.1) is 11.0 Å². The van der Waals surface area contributed by atoms with Crippen LogP contribution >= 0.6 is 0 Å². The number of anilines is 3. The molecule has 12 rings (SSSR count). The monoisotopic (exact) mass is 966 g/mol. The minimum Gasteiger partial charge on any atom is -0.375 e. The van der Waals surface area contributed by atoms with Crippen molar-refractivity contribution in [1.82, 2.24) is 9.05 Å². The maximum atomic E-state index is 2.81. The standard InChI is InChI=1S/C70H72BN3/c1-66(2,3)45-26-32-50(33-27-45)72-58-37-31-48(69(10,11)12)40-56(58)71-62-53(39-49(41-59(62)72)70(13,14)15)55-42-54-52-38-47(68(7,8)9)30-36-57(52)73(51-34-28-46(29-35-51)67(4,5)6)64(54)61-60(43-22-18-16-19-23-43)63(74(71)65(55)61)44-24-20-17-21-25-44/h16-42H,1-15H3. The van der Waals surface area contributed by atoms with Gasteiger partial charge in [-0.3, -0.25) is 0 Å². The number of nitrogens with zero attached hydrogens (tertiary/aromatic N) is 3. The lowest BCUT2D eigenvalue weighted by atomic mass is 9.44. The first kappa shape index (κ1) is 47.9. The van der Waals surface area contributed by atoms with Crippen molar-refractivity contribution >= 4 is 67.5 Å². The molecule has 0 radical (unpaired) electrons. The summed E-state index contributed by atoms with van der Waals surface area (Å²) in [7, 11) is 0. The molecule has 0 N–H and O–H groups in total. The van der Waals surface area contributed by atoms with Crippen LogP contribution in [0.2, 0.25) is 0 Å². The summed E-state index contributed by atoms with van der Waals surface area (Å²) in [6.45, 7) is 35.0. The van der Waals surface area contributed by atoms with Crippen molar-refractivity contribution in [1.29, 1.82) is 0 Å². The van der Waals surface area contributed by atoms with Gasteiger partial charge in [-0.1, -0.05) is 213 Å². The lowest BCUT2D eigenvalue weighted by Crippen LogP contribution is -2.57. The fourth-order valence-corrected chi connectivity index (χ4v) is 12.2. The van der Waals surface area contributed by atoms with Crippen LogP contribution in [0, 0.1) is 0 Å². The third-order valence-corrected chi connectivity index (χ3v) is 16.5. The molecule has 4 heterocycles. The van der Waals surface area contributed by atoms with Crippen LogP contribution in [0.4, 0.5) is 17.1 Å². The van der Waals surface area contributed by atoms with Crippen molar-refractivity contribution in [3.63, 3.8) is 0 Å². The lowest BCUT2D eigenvalue weighted by molar-refractivity contribution is 0.589. The summed E-state index contributed by atoms with van der Waals surface area (Å²) in [5.74, 6) is 0. The van der Waals surface area contributed by atoms with Gasteiger partial charge in [0.1, 0.15) is 0 Å². The highest BCUT2D eigenvalue weighted by atomic mass is 15.2. The van der Waals surface area contributed by atoms with Crippen molar-refractivity contribution in [3.8, 4) is 39.2 Å². The molecule has 0 unspecified atom stereocenters. The fraction of sp³-hybridized carbons (Fsp3) is 0.286. The van der Waals surface area contributed by atoms with E-state index in [0.717, 1.165) is 0 Å². The van der Waals surface area contributed by atoms with Gasteiger partial charge in [0.2, 0.25) is 0 Å². The third-order valence-electron chi connectivity index (χ3n) is 16.5. The second-order valence-corrected chi connectivity index (χ2v) is 26.7. The van der Waals surface area contributed by atoms with E-state index in [9.17, 15) is 0 Å². The van der Waals surface area contributed by atoms with E-state index in [0.29, 0.717) is 0 Å². The Kier molecular flexibility index (Phi) is 10.5. The van der Waals surface area contributed by atoms with Crippen LogP contribution < -0.4 is 15.8 Å². The van der Waals surface area contributed by atoms with Gasteiger partial charge in [-0.25, -0.2) is 0 Å². The Morgan fingerprint density at radius 3 is 1.46 bits per heavy atom. The molecule has 2 aromatic heterocycles. The molecule has 2 aliphatic heterocycles. The molecule has 0 amide bonds. The highest BCUT2D eigenvalue weighted by molar-refractivity contribution is 6.90. The normalized spacial score (nSPS) is 13.8. The summed E-state index contributed by atoms with van der Waals surface area (Å²) in [5.41, 5.74) is 25.2. The molecule has 0 spiro atoms. The lowest BCUT2D eigenvalue weighted by Gasteiger charge is -2.42. The van der Waals surface area contributed by atoms with Crippen LogP contribution in [0.3, 0.4) is 0 Å². The van der Waals surface area contributed by atoms with Crippen molar-refractivity contribution in [2.75, 3.05) is 4.90 Å². The van der Waals surface area contributed by atoms with E-state index >= 15 is 0 Å². The molecule has 0 saturated heterocycles. The molecular formula is C70H72BN3. The first-order valence-corrected chi connectivity index (χ1v) is 27.0. The molecule has 8 aromatic carbocycles. The van der Waals surface area contributed by atoms with Gasteiger partial charge in [-0.15, -0.1) is 0 Å². The van der Waals surface area contributed by atoms with Gasteiger partial charge >= 0.3 is 6.85 Å². The second kappa shape index (κ2) is 16.2. The van der Waals surface area contributed by atoms with Crippen molar-refractivity contribution in [2.24, 2.45) is 0 Å². The second-order valence-electron chi connectivity index (χ2n) is 26.7. The van der Waals surface area contributed by atoms with Crippen molar-refractivity contribution in [3.05, 3.63) is 192 Å². The van der Waals surface area contributed by atoms with E-state index in [4.69, 9.17) is 0 Å². The maximum absolute atomic E-state index is 2.81. The van der Waals surface area contributed by atoms with E-state index in [1.54, 1.807) is 0 Å². The first-order chi connectivity index (χ1) is 34.9. The minimum absolute atomic E-state index is 0.0230. The summed E-state index contributed by atoms with van der Waals surface area (Å²) in [6, 6.07) is 63.9. The third kappa shape index (κ3) is 7.44. The van der Waals surface area contributed by atoms with E-state index < -0.39 is 0 Å². The van der Waals surface area contributed by atoms with Gasteiger partial charge in [0.25, 0.3) is 0 Å². The Balaban J connectivity index is 1.34. The minimum atomic E-state index is -0.145. The fourth-order valence-electron chi connectivity index (χ4n) is 12.2. The average Bonchev–Trinajstić information content (AvgIpc) is 3.88. The molecule has 4 heteroatoms. The van der Waals surface area contributed by atoms with Crippen molar-refractivity contribution < 1.29 is 0 Å². The van der Waals surface area contributed by atoms with Gasteiger partial charge < -0.3 is 13.9 Å². The topological polar surface area (TPSA) is 13.1 Å². The zero-order valence-electron chi connectivity index (χ0n) is 46.5. The molecule has 370 valence electrons. The van der Waals surface area contributed by atoms with Gasteiger partial charge in [0, 0.05) is 61.2 Å². The van der Waals surface area contributed by atoms with Crippen LogP contribution in [-0.2, 0) is 27.1 Å². The zero-order valence-corrected chi connectivity index (χ0v) is 46.5. The SMILES string of the molecule is CC(C)(C)c1ccc(N2c3ccc(C(C)(C)C)cc3B3c4c(cc(C(C)(C)C)cc42)-c2cc4c5cc(C(C)(C)C)ccc5n(-c5ccc(C(C)(C)C)cc5)c4c4c(-c5ccccc5)c(-c5ccccc5)n3c24)cc1. The molecule has 0 atom stereocenters. The Hall–Kier alpha value is -7.04. The Morgan fingerprint density at radius 1 is 0.378 bits per heavy atom. The molecule has 0 aliphatic carbocycles. The van der Waals surface area contributed by atoms with E-state index in [2.05, 4.69) is 282 Å². The Bertz CT molecular complexity index is 3870. The highest BCUT2D eigenvalue weighted by Gasteiger charge is 2.46. The zero-order chi connectivity index (χ0) is 52.2. The molecule has 0 bridgehead atoms. The van der Waals surface area contributed by atoms with Gasteiger partial charge in [-0.05, 0) is 137 Å². The molecule has 2 aliphatic rings. The molecule has 74 heavy (non-hydrogen) atoms. The summed E-state index contributed by atoms with van der Waals surface area (Å²) in [4.78, 5) is 2.60. The van der Waals surface area contributed by atoms with Gasteiger partial charge in [0.15, 0.2) is 0 Å². The first-order valence-electron chi connectivity index (χ1n) is 27.0. The van der Waals surface area contributed by atoms with Crippen LogP contribution in [0.25, 0.3) is 71.9 Å². The predicted molar refractivity (Wildman–Crippen MR) is 321 cm³/mol. The van der Waals surface area contributed by atoms with E-state index in [1.807, 2.05) is 0 Å². The largest absolute Gasteiger partial charge is 0.375 e. The summed E-state index contributed by atoms with van der Waals surface area (Å²) in [5, 5.41) is 3.84. The summed E-state index contributed by atoms with van der Waals surface area (Å²) >= 11 is 0.